The maximum Gasteiger partial charge on any atom is 0.230 e. The third-order valence-corrected chi connectivity index (χ3v) is 4.65. The van der Waals surface area contributed by atoms with Crippen molar-refractivity contribution in [3.05, 3.63) is 0 Å². The first kappa shape index (κ1) is 11.9. The lowest BCUT2D eigenvalue weighted by atomic mass is 9.83. The molecule has 0 aliphatic carbocycles. The number of nitrogens with zero attached hydrogens (tertiary/aromatic N) is 1. The van der Waals surface area contributed by atoms with Crippen molar-refractivity contribution in [1.82, 2.24) is 10.2 Å². The maximum atomic E-state index is 12.6. The summed E-state index contributed by atoms with van der Waals surface area (Å²) in [5.41, 5.74) is -0.0935. The number of hydrogen-bond donors (Lipinski definition) is 1. The Labute approximate surface area is 98.6 Å². The molecule has 92 valence electrons. The first-order valence-corrected chi connectivity index (χ1v) is 6.59. The van der Waals surface area contributed by atoms with Gasteiger partial charge in [-0.05, 0) is 31.2 Å². The molecule has 2 fully saturated rings. The zero-order chi connectivity index (χ0) is 11.8. The predicted molar refractivity (Wildman–Crippen MR) is 65.1 cm³/mol. The molecule has 2 saturated heterocycles. The largest absolute Gasteiger partial charge is 0.342 e. The number of likely N-dealkylation sites (tertiary alicyclic amines) is 1. The zero-order valence-corrected chi connectivity index (χ0v) is 10.8. The minimum absolute atomic E-state index is 0.0935. The quantitative estimate of drug-likeness (QED) is 0.771. The van der Waals surface area contributed by atoms with Crippen LogP contribution in [0.4, 0.5) is 0 Å². The van der Waals surface area contributed by atoms with Crippen LogP contribution in [0.5, 0.6) is 0 Å². The molecule has 16 heavy (non-hydrogen) atoms. The lowest BCUT2D eigenvalue weighted by Crippen LogP contribution is -2.44. The molecule has 2 aliphatic rings. The van der Waals surface area contributed by atoms with Crippen LogP contribution in [0.1, 0.15) is 33.6 Å². The smallest absolute Gasteiger partial charge is 0.230 e. The van der Waals surface area contributed by atoms with Crippen molar-refractivity contribution < 1.29 is 4.79 Å². The summed E-state index contributed by atoms with van der Waals surface area (Å²) in [5.74, 6) is 1.72. The molecule has 0 aromatic rings. The minimum Gasteiger partial charge on any atom is -0.342 e. The summed E-state index contributed by atoms with van der Waals surface area (Å²) in [4.78, 5) is 14.7. The van der Waals surface area contributed by atoms with Gasteiger partial charge in [-0.25, -0.2) is 0 Å². The molecule has 3 heteroatoms. The van der Waals surface area contributed by atoms with Gasteiger partial charge in [0.05, 0.1) is 5.41 Å². The second-order valence-electron chi connectivity index (χ2n) is 5.73. The van der Waals surface area contributed by atoms with E-state index >= 15 is 0 Å². The lowest BCUT2D eigenvalue weighted by molar-refractivity contribution is -0.140. The summed E-state index contributed by atoms with van der Waals surface area (Å²) in [6, 6.07) is 0. The van der Waals surface area contributed by atoms with Crippen LogP contribution >= 0.6 is 0 Å². The van der Waals surface area contributed by atoms with Gasteiger partial charge in [0.1, 0.15) is 0 Å². The maximum absolute atomic E-state index is 12.6. The van der Waals surface area contributed by atoms with Gasteiger partial charge in [-0.3, -0.25) is 4.79 Å². The van der Waals surface area contributed by atoms with Crippen LogP contribution < -0.4 is 5.32 Å². The Balaban J connectivity index is 2.07. The molecule has 0 aromatic heterocycles. The molecule has 3 unspecified atom stereocenters. The third kappa shape index (κ3) is 1.86. The zero-order valence-electron chi connectivity index (χ0n) is 10.8. The number of amides is 1. The SMILES string of the molecule is CCC1(C(=O)N2CC(C)C(C)C2)CCNC1. The molecule has 0 bridgehead atoms. The normalized spacial score (nSPS) is 39.3. The predicted octanol–water partition coefficient (Wildman–Crippen LogP) is 1.49. The van der Waals surface area contributed by atoms with Crippen molar-refractivity contribution >= 4 is 5.91 Å². The number of carbonyl (C=O) groups is 1. The highest BCUT2D eigenvalue weighted by atomic mass is 16.2. The van der Waals surface area contributed by atoms with Crippen LogP contribution in [0.15, 0.2) is 0 Å². The van der Waals surface area contributed by atoms with Crippen molar-refractivity contribution in [2.75, 3.05) is 26.2 Å². The Hall–Kier alpha value is -0.570. The number of hydrogen-bond acceptors (Lipinski definition) is 2. The Morgan fingerprint density at radius 2 is 2.00 bits per heavy atom. The summed E-state index contributed by atoms with van der Waals surface area (Å²) in [7, 11) is 0. The summed E-state index contributed by atoms with van der Waals surface area (Å²) in [6.45, 7) is 10.4. The lowest BCUT2D eigenvalue weighted by Gasteiger charge is -2.30. The van der Waals surface area contributed by atoms with Crippen molar-refractivity contribution in [3.8, 4) is 0 Å². The highest BCUT2D eigenvalue weighted by molar-refractivity contribution is 5.83. The van der Waals surface area contributed by atoms with Gasteiger partial charge in [0.25, 0.3) is 0 Å². The Morgan fingerprint density at radius 3 is 2.44 bits per heavy atom. The molecular formula is C13H24N2O. The first-order valence-electron chi connectivity index (χ1n) is 6.59. The average molecular weight is 224 g/mol. The molecule has 2 rings (SSSR count). The number of carbonyl (C=O) groups excluding carboxylic acids is 1. The third-order valence-electron chi connectivity index (χ3n) is 4.65. The van der Waals surface area contributed by atoms with E-state index in [1.54, 1.807) is 0 Å². The summed E-state index contributed by atoms with van der Waals surface area (Å²) >= 11 is 0. The Bertz CT molecular complexity index is 261. The monoisotopic (exact) mass is 224 g/mol. The van der Waals surface area contributed by atoms with Crippen molar-refractivity contribution in [3.63, 3.8) is 0 Å². The fraction of sp³-hybridized carbons (Fsp3) is 0.923. The van der Waals surface area contributed by atoms with Crippen molar-refractivity contribution in [1.29, 1.82) is 0 Å². The molecule has 2 aliphatic heterocycles. The Kier molecular flexibility index (Phi) is 3.24. The van der Waals surface area contributed by atoms with Gasteiger partial charge in [-0.2, -0.15) is 0 Å². The van der Waals surface area contributed by atoms with Gasteiger partial charge in [0, 0.05) is 19.6 Å². The number of rotatable bonds is 2. The molecular weight excluding hydrogens is 200 g/mol. The van der Waals surface area contributed by atoms with Crippen LogP contribution in [0.25, 0.3) is 0 Å². The molecule has 3 nitrogen and oxygen atoms in total. The van der Waals surface area contributed by atoms with Crippen molar-refractivity contribution in [2.24, 2.45) is 17.3 Å². The van der Waals surface area contributed by atoms with Crippen LogP contribution in [-0.4, -0.2) is 37.0 Å². The van der Waals surface area contributed by atoms with Crippen LogP contribution in [-0.2, 0) is 4.79 Å². The molecule has 0 spiro atoms. The minimum atomic E-state index is -0.0935. The Morgan fingerprint density at radius 1 is 1.38 bits per heavy atom. The second kappa shape index (κ2) is 4.36. The van der Waals surface area contributed by atoms with Gasteiger partial charge in [0.2, 0.25) is 5.91 Å². The topological polar surface area (TPSA) is 32.3 Å². The molecule has 2 heterocycles. The van der Waals surface area contributed by atoms with Gasteiger partial charge >= 0.3 is 0 Å². The molecule has 3 atom stereocenters. The summed E-state index contributed by atoms with van der Waals surface area (Å²) in [5, 5.41) is 3.34. The van der Waals surface area contributed by atoms with E-state index in [4.69, 9.17) is 0 Å². The number of nitrogens with one attached hydrogen (secondary N) is 1. The van der Waals surface area contributed by atoms with Gasteiger partial charge in [-0.1, -0.05) is 20.8 Å². The second-order valence-corrected chi connectivity index (χ2v) is 5.73. The van der Waals surface area contributed by atoms with Crippen LogP contribution in [0, 0.1) is 17.3 Å². The molecule has 0 radical (unpaired) electrons. The standard InChI is InChI=1S/C13H24N2O/c1-4-13(5-6-14-9-13)12(16)15-7-10(2)11(3)8-15/h10-11,14H,4-9H2,1-3H3. The van der Waals surface area contributed by atoms with E-state index in [9.17, 15) is 4.79 Å². The van der Waals surface area contributed by atoms with Crippen LogP contribution in [0.2, 0.25) is 0 Å². The van der Waals surface area contributed by atoms with Gasteiger partial charge in [0.15, 0.2) is 0 Å². The van der Waals surface area contributed by atoms with Gasteiger partial charge < -0.3 is 10.2 Å². The van der Waals surface area contributed by atoms with E-state index in [1.807, 2.05) is 0 Å². The fourth-order valence-electron chi connectivity index (χ4n) is 3.01. The highest BCUT2D eigenvalue weighted by Gasteiger charge is 2.44. The average Bonchev–Trinajstić information content (AvgIpc) is 2.87. The summed E-state index contributed by atoms with van der Waals surface area (Å²) in [6.07, 6.45) is 1.99. The van der Waals surface area contributed by atoms with Crippen LogP contribution in [0.3, 0.4) is 0 Å². The molecule has 0 aromatic carbocycles. The molecule has 0 saturated carbocycles. The first-order chi connectivity index (χ1) is 7.59. The summed E-state index contributed by atoms with van der Waals surface area (Å²) < 4.78 is 0. The van der Waals surface area contributed by atoms with E-state index in [2.05, 4.69) is 31.0 Å². The van der Waals surface area contributed by atoms with Crippen molar-refractivity contribution in [2.45, 2.75) is 33.6 Å². The van der Waals surface area contributed by atoms with E-state index in [0.29, 0.717) is 17.7 Å². The van der Waals surface area contributed by atoms with E-state index in [-0.39, 0.29) is 5.41 Å². The highest BCUT2D eigenvalue weighted by Crippen LogP contribution is 2.34. The van der Waals surface area contributed by atoms with E-state index in [0.717, 1.165) is 39.0 Å². The van der Waals surface area contributed by atoms with E-state index < -0.39 is 0 Å². The fourth-order valence-corrected chi connectivity index (χ4v) is 3.01. The molecule has 1 N–H and O–H groups in total. The molecule has 1 amide bonds. The van der Waals surface area contributed by atoms with E-state index in [1.165, 1.54) is 0 Å². The van der Waals surface area contributed by atoms with Gasteiger partial charge in [-0.15, -0.1) is 0 Å².